The van der Waals surface area contributed by atoms with Crippen molar-refractivity contribution in [3.8, 4) is 11.1 Å². The molecule has 0 heterocycles. The van der Waals surface area contributed by atoms with Crippen molar-refractivity contribution in [3.63, 3.8) is 0 Å². The van der Waals surface area contributed by atoms with E-state index < -0.39 is 12.1 Å². The highest BCUT2D eigenvalue weighted by atomic mass is 19.1. The number of aliphatic hydroxyl groups excluding tert-OH is 1. The quantitative estimate of drug-likeness (QED) is 0.226. The molecule has 3 N–H and O–H groups in total. The first-order valence-corrected chi connectivity index (χ1v) is 13.6. The molecule has 0 aliphatic carbocycles. The number of carbonyl (C=O) groups is 1. The van der Waals surface area contributed by atoms with Gasteiger partial charge >= 0.3 is 5.97 Å². The maximum atomic E-state index is 13.9. The number of aryl methyl sites for hydroxylation is 1. The highest BCUT2D eigenvalue weighted by Crippen LogP contribution is 2.32. The molecule has 0 spiro atoms. The zero-order chi connectivity index (χ0) is 28.7. The van der Waals surface area contributed by atoms with Crippen LogP contribution < -0.4 is 5.32 Å². The van der Waals surface area contributed by atoms with Crippen molar-refractivity contribution in [1.29, 1.82) is 0 Å². The molecular formula is C33H42FNO4. The average molecular weight is 536 g/mol. The Bertz CT molecular complexity index is 1270. The standard InChI is InChI=1S/C33H42FNO4/c1-21(2)15-26-17-25(13-14-30(26)32(37)38)29-10-8-7-9-28(29)23(4)39-20-27(36)19-35-33(5,6)18-24-12-11-22(3)31(34)16-24/h7-14,16-17,21,23,27,35-36H,15,18-20H2,1-6H3,(H,37,38). The number of carboxylic acids is 1. The van der Waals surface area contributed by atoms with E-state index in [-0.39, 0.29) is 24.1 Å². The van der Waals surface area contributed by atoms with Gasteiger partial charge in [0.05, 0.1) is 24.4 Å². The molecule has 0 saturated heterocycles. The maximum Gasteiger partial charge on any atom is 0.335 e. The Hall–Kier alpha value is -3.06. The third-order valence-corrected chi connectivity index (χ3v) is 6.91. The summed E-state index contributed by atoms with van der Waals surface area (Å²) in [6.45, 7) is 12.4. The zero-order valence-electron chi connectivity index (χ0n) is 23.9. The van der Waals surface area contributed by atoms with Crippen molar-refractivity contribution < 1.29 is 24.1 Å². The molecule has 6 heteroatoms. The third-order valence-electron chi connectivity index (χ3n) is 6.91. The second-order valence-electron chi connectivity index (χ2n) is 11.5. The Morgan fingerprint density at radius 3 is 2.44 bits per heavy atom. The number of halogens is 1. The smallest absolute Gasteiger partial charge is 0.335 e. The molecule has 2 unspecified atom stereocenters. The number of ether oxygens (including phenoxy) is 1. The SMILES string of the molecule is Cc1ccc(CC(C)(C)NCC(O)COC(C)c2ccccc2-c2ccc(C(=O)O)c(CC(C)C)c2)cc1F. The molecule has 210 valence electrons. The van der Waals surface area contributed by atoms with Gasteiger partial charge in [0.15, 0.2) is 0 Å². The lowest BCUT2D eigenvalue weighted by atomic mass is 9.91. The molecule has 0 radical (unpaired) electrons. The lowest BCUT2D eigenvalue weighted by Gasteiger charge is -2.28. The van der Waals surface area contributed by atoms with E-state index in [1.165, 1.54) is 0 Å². The topological polar surface area (TPSA) is 78.8 Å². The highest BCUT2D eigenvalue weighted by molar-refractivity contribution is 5.90. The molecule has 5 nitrogen and oxygen atoms in total. The summed E-state index contributed by atoms with van der Waals surface area (Å²) in [5.74, 6) is -0.798. The fourth-order valence-electron chi connectivity index (χ4n) is 4.81. The van der Waals surface area contributed by atoms with Gasteiger partial charge in [-0.15, -0.1) is 0 Å². The normalized spacial score (nSPS) is 13.5. The highest BCUT2D eigenvalue weighted by Gasteiger charge is 2.21. The summed E-state index contributed by atoms with van der Waals surface area (Å²) in [7, 11) is 0. The molecule has 0 fully saturated rings. The fraction of sp³-hybridized carbons (Fsp3) is 0.424. The molecule has 3 aromatic carbocycles. The predicted molar refractivity (Wildman–Crippen MR) is 155 cm³/mol. The summed E-state index contributed by atoms with van der Waals surface area (Å²) in [6, 6.07) is 18.7. The molecule has 0 amide bonds. The van der Waals surface area contributed by atoms with E-state index in [9.17, 15) is 19.4 Å². The van der Waals surface area contributed by atoms with E-state index in [0.717, 1.165) is 27.8 Å². The van der Waals surface area contributed by atoms with Crippen LogP contribution in [0.25, 0.3) is 11.1 Å². The minimum atomic E-state index is -0.918. The number of hydrogen-bond donors (Lipinski definition) is 3. The van der Waals surface area contributed by atoms with Crippen LogP contribution in [0.5, 0.6) is 0 Å². The van der Waals surface area contributed by atoms with Crippen molar-refractivity contribution in [2.75, 3.05) is 13.2 Å². The monoisotopic (exact) mass is 535 g/mol. The summed E-state index contributed by atoms with van der Waals surface area (Å²) in [4.78, 5) is 11.7. The molecule has 0 aromatic heterocycles. The van der Waals surface area contributed by atoms with Gasteiger partial charge in [0, 0.05) is 12.1 Å². The Kier molecular flexibility index (Phi) is 10.4. The number of nitrogens with one attached hydrogen (secondary N) is 1. The first-order chi connectivity index (χ1) is 18.4. The van der Waals surface area contributed by atoms with Crippen molar-refractivity contribution >= 4 is 5.97 Å². The molecule has 0 aliphatic heterocycles. The maximum absolute atomic E-state index is 13.9. The second-order valence-corrected chi connectivity index (χ2v) is 11.5. The van der Waals surface area contributed by atoms with Gasteiger partial charge in [0.25, 0.3) is 0 Å². The van der Waals surface area contributed by atoms with Crippen molar-refractivity contribution in [1.82, 2.24) is 5.32 Å². The number of aliphatic hydroxyl groups is 1. The van der Waals surface area contributed by atoms with E-state index in [1.54, 1.807) is 25.1 Å². The van der Waals surface area contributed by atoms with Gasteiger partial charge in [-0.25, -0.2) is 9.18 Å². The van der Waals surface area contributed by atoms with E-state index in [4.69, 9.17) is 4.74 Å². The summed E-state index contributed by atoms with van der Waals surface area (Å²) < 4.78 is 20.0. The Morgan fingerprint density at radius 2 is 1.77 bits per heavy atom. The minimum absolute atomic E-state index is 0.147. The number of β-amino-alcohol motifs (C(OH)–C–C–N with tert-alkyl or cyclic N) is 1. The van der Waals surface area contributed by atoms with Crippen LogP contribution in [0, 0.1) is 18.7 Å². The average Bonchev–Trinajstić information content (AvgIpc) is 2.87. The van der Waals surface area contributed by atoms with Gasteiger partial charge in [-0.1, -0.05) is 62.4 Å². The van der Waals surface area contributed by atoms with Crippen LogP contribution in [0.3, 0.4) is 0 Å². The Labute approximate surface area is 232 Å². The summed E-state index contributed by atoms with van der Waals surface area (Å²) >= 11 is 0. The number of rotatable bonds is 13. The number of aromatic carboxylic acids is 1. The van der Waals surface area contributed by atoms with Gasteiger partial charge in [-0.2, -0.15) is 0 Å². The molecule has 0 bridgehead atoms. The summed E-state index contributed by atoms with van der Waals surface area (Å²) in [5, 5.41) is 23.6. The molecule has 3 aromatic rings. The van der Waals surface area contributed by atoms with Crippen LogP contribution in [-0.4, -0.2) is 41.0 Å². The van der Waals surface area contributed by atoms with Crippen molar-refractivity contribution in [2.45, 2.75) is 72.1 Å². The molecule has 3 rings (SSSR count). The van der Waals surface area contributed by atoms with Gasteiger partial charge in [0.1, 0.15) is 5.82 Å². The van der Waals surface area contributed by atoms with Crippen LogP contribution in [0.15, 0.2) is 60.7 Å². The van der Waals surface area contributed by atoms with E-state index >= 15 is 0 Å². The van der Waals surface area contributed by atoms with Crippen molar-refractivity contribution in [3.05, 3.63) is 94.3 Å². The predicted octanol–water partition coefficient (Wildman–Crippen LogP) is 6.75. The number of carboxylic acid groups (broad SMARTS) is 1. The third kappa shape index (κ3) is 8.72. The van der Waals surface area contributed by atoms with Gasteiger partial charge in [0.2, 0.25) is 0 Å². The van der Waals surface area contributed by atoms with Gasteiger partial charge in [-0.3, -0.25) is 0 Å². The molecule has 0 saturated carbocycles. The molecular weight excluding hydrogens is 493 g/mol. The van der Waals surface area contributed by atoms with Crippen LogP contribution in [0.4, 0.5) is 4.39 Å². The van der Waals surface area contributed by atoms with Crippen LogP contribution >= 0.6 is 0 Å². The summed E-state index contributed by atoms with van der Waals surface area (Å²) in [6.07, 6.45) is 0.298. The second kappa shape index (κ2) is 13.3. The molecule has 39 heavy (non-hydrogen) atoms. The first-order valence-electron chi connectivity index (χ1n) is 13.6. The minimum Gasteiger partial charge on any atom is -0.478 e. The van der Waals surface area contributed by atoms with Crippen LogP contribution in [0.2, 0.25) is 0 Å². The Morgan fingerprint density at radius 1 is 1.05 bits per heavy atom. The van der Waals surface area contributed by atoms with E-state index in [0.29, 0.717) is 36.4 Å². The van der Waals surface area contributed by atoms with E-state index in [1.807, 2.05) is 63.2 Å². The Balaban J connectivity index is 1.64. The molecule has 0 aliphatic rings. The van der Waals surface area contributed by atoms with Gasteiger partial charge < -0.3 is 20.3 Å². The van der Waals surface area contributed by atoms with Gasteiger partial charge in [-0.05, 0) is 92.0 Å². The first kappa shape index (κ1) is 30.5. The lowest BCUT2D eigenvalue weighted by Crippen LogP contribution is -2.46. The number of benzene rings is 3. The summed E-state index contributed by atoms with van der Waals surface area (Å²) in [5.41, 5.74) is 5.23. The van der Waals surface area contributed by atoms with Crippen LogP contribution in [0.1, 0.15) is 73.3 Å². The lowest BCUT2D eigenvalue weighted by molar-refractivity contribution is -0.00397. The number of hydrogen-bond acceptors (Lipinski definition) is 4. The van der Waals surface area contributed by atoms with Crippen molar-refractivity contribution in [2.24, 2.45) is 5.92 Å². The van der Waals surface area contributed by atoms with Crippen LogP contribution in [-0.2, 0) is 17.6 Å². The van der Waals surface area contributed by atoms with E-state index in [2.05, 4.69) is 19.2 Å². The largest absolute Gasteiger partial charge is 0.478 e. The molecule has 2 atom stereocenters. The zero-order valence-corrected chi connectivity index (χ0v) is 23.9. The fourth-order valence-corrected chi connectivity index (χ4v) is 4.81.